The van der Waals surface area contributed by atoms with E-state index in [1.54, 1.807) is 6.07 Å². The number of amides is 2. The highest BCUT2D eigenvalue weighted by Gasteiger charge is 2.34. The van der Waals surface area contributed by atoms with Gasteiger partial charge in [0.1, 0.15) is 0 Å². The number of thioether (sulfide) groups is 1. The highest BCUT2D eigenvalue weighted by atomic mass is 32.2. The Bertz CT molecular complexity index is 614. The number of hydrogen-bond donors (Lipinski definition) is 1. The van der Waals surface area contributed by atoms with Gasteiger partial charge in [0.2, 0.25) is 0 Å². The molecule has 0 spiro atoms. The summed E-state index contributed by atoms with van der Waals surface area (Å²) in [5.41, 5.74) is 5.51. The van der Waals surface area contributed by atoms with Gasteiger partial charge in [-0.1, -0.05) is 12.1 Å². The third-order valence-corrected chi connectivity index (χ3v) is 3.55. The maximum atomic E-state index is 12.0. The zero-order chi connectivity index (χ0) is 14.7. The van der Waals surface area contributed by atoms with E-state index in [0.717, 1.165) is 16.7 Å². The monoisotopic (exact) mass is 293 g/mol. The van der Waals surface area contributed by atoms with Crippen LogP contribution in [0.25, 0.3) is 6.08 Å². The number of nitro groups is 1. The Morgan fingerprint density at radius 1 is 1.35 bits per heavy atom. The number of rotatable bonds is 4. The zero-order valence-electron chi connectivity index (χ0n) is 10.3. The van der Waals surface area contributed by atoms with Crippen LogP contribution < -0.4 is 5.73 Å². The van der Waals surface area contributed by atoms with Gasteiger partial charge in [-0.05, 0) is 23.9 Å². The van der Waals surface area contributed by atoms with E-state index >= 15 is 0 Å². The molecule has 104 valence electrons. The number of para-hydroxylation sites is 1. The van der Waals surface area contributed by atoms with Crippen LogP contribution in [0.3, 0.4) is 0 Å². The maximum Gasteiger partial charge on any atom is 0.293 e. The van der Waals surface area contributed by atoms with Crippen molar-refractivity contribution in [2.45, 2.75) is 0 Å². The van der Waals surface area contributed by atoms with Crippen molar-refractivity contribution in [3.63, 3.8) is 0 Å². The lowest BCUT2D eigenvalue weighted by atomic mass is 10.1. The first-order valence-corrected chi connectivity index (χ1v) is 6.55. The summed E-state index contributed by atoms with van der Waals surface area (Å²) < 4.78 is 0. The van der Waals surface area contributed by atoms with E-state index in [0.29, 0.717) is 0 Å². The number of nitrogens with two attached hydrogens (primary N) is 1. The lowest BCUT2D eigenvalue weighted by Gasteiger charge is -2.09. The molecule has 1 aliphatic heterocycles. The fourth-order valence-electron chi connectivity index (χ4n) is 1.74. The number of benzene rings is 1. The first kappa shape index (κ1) is 14.2. The molecule has 1 aromatic rings. The van der Waals surface area contributed by atoms with Crippen LogP contribution in [0.5, 0.6) is 0 Å². The Balaban J connectivity index is 2.35. The average Bonchev–Trinajstić information content (AvgIpc) is 2.67. The molecule has 0 radical (unpaired) electrons. The smallest absolute Gasteiger partial charge is 0.293 e. The van der Waals surface area contributed by atoms with E-state index in [1.165, 1.54) is 24.3 Å². The van der Waals surface area contributed by atoms with E-state index in [-0.39, 0.29) is 29.2 Å². The molecular weight excluding hydrogens is 282 g/mol. The van der Waals surface area contributed by atoms with Crippen LogP contribution in [0, 0.1) is 10.1 Å². The molecule has 2 N–H and O–H groups in total. The summed E-state index contributed by atoms with van der Waals surface area (Å²) >= 11 is 0.757. The molecule has 7 nitrogen and oxygen atoms in total. The van der Waals surface area contributed by atoms with Crippen LogP contribution in [-0.2, 0) is 4.79 Å². The molecule has 1 fully saturated rings. The van der Waals surface area contributed by atoms with Crippen molar-refractivity contribution in [2.75, 3.05) is 13.1 Å². The number of carbonyl (C=O) groups is 2. The van der Waals surface area contributed by atoms with Gasteiger partial charge in [-0.2, -0.15) is 0 Å². The zero-order valence-corrected chi connectivity index (χ0v) is 11.1. The third kappa shape index (κ3) is 2.70. The van der Waals surface area contributed by atoms with Crippen molar-refractivity contribution in [1.29, 1.82) is 0 Å². The van der Waals surface area contributed by atoms with Crippen molar-refractivity contribution in [2.24, 2.45) is 5.73 Å². The van der Waals surface area contributed by atoms with E-state index in [2.05, 4.69) is 0 Å². The maximum absolute atomic E-state index is 12.0. The second-order valence-corrected chi connectivity index (χ2v) is 4.93. The van der Waals surface area contributed by atoms with E-state index in [9.17, 15) is 19.7 Å². The summed E-state index contributed by atoms with van der Waals surface area (Å²) in [6.45, 7) is 0.315. The number of nitrogens with zero attached hydrogens (tertiary/aromatic N) is 2. The van der Waals surface area contributed by atoms with Gasteiger partial charge in [0.15, 0.2) is 0 Å². The number of hydrogen-bond acceptors (Lipinski definition) is 6. The predicted molar refractivity (Wildman–Crippen MR) is 74.8 cm³/mol. The molecule has 0 bridgehead atoms. The third-order valence-electron chi connectivity index (χ3n) is 2.65. The lowest BCUT2D eigenvalue weighted by molar-refractivity contribution is -0.385. The Morgan fingerprint density at radius 3 is 2.70 bits per heavy atom. The molecule has 0 unspecified atom stereocenters. The highest BCUT2D eigenvalue weighted by molar-refractivity contribution is 8.18. The van der Waals surface area contributed by atoms with Crippen LogP contribution in [0.1, 0.15) is 5.56 Å². The Labute approximate surface area is 118 Å². The van der Waals surface area contributed by atoms with E-state index in [4.69, 9.17) is 5.73 Å². The molecule has 1 heterocycles. The summed E-state index contributed by atoms with van der Waals surface area (Å²) in [5.74, 6) is -0.469. The molecule has 1 saturated heterocycles. The normalized spacial score (nSPS) is 17.1. The van der Waals surface area contributed by atoms with Gasteiger partial charge in [-0.15, -0.1) is 0 Å². The second kappa shape index (κ2) is 5.85. The topological polar surface area (TPSA) is 107 Å². The Morgan fingerprint density at radius 2 is 2.05 bits per heavy atom. The fraction of sp³-hybridized carbons (Fsp3) is 0.167. The van der Waals surface area contributed by atoms with E-state index < -0.39 is 16.1 Å². The van der Waals surface area contributed by atoms with Gasteiger partial charge in [-0.25, -0.2) is 0 Å². The van der Waals surface area contributed by atoms with Gasteiger partial charge in [0.25, 0.3) is 16.8 Å². The van der Waals surface area contributed by atoms with Gasteiger partial charge >= 0.3 is 0 Å². The fourth-order valence-corrected chi connectivity index (χ4v) is 2.59. The SMILES string of the molecule is NCCN1C(=O)S/C(=C\c2ccccc2[N+](=O)[O-])C1=O. The molecule has 0 saturated carbocycles. The van der Waals surface area contributed by atoms with Crippen molar-refractivity contribution < 1.29 is 14.5 Å². The Hall–Kier alpha value is -2.19. The minimum Gasteiger partial charge on any atom is -0.329 e. The summed E-state index contributed by atoms with van der Waals surface area (Å²) in [5, 5.41) is 10.5. The predicted octanol–water partition coefficient (Wildman–Crippen LogP) is 1.59. The summed E-state index contributed by atoms with van der Waals surface area (Å²) in [6.07, 6.45) is 1.36. The molecule has 8 heteroatoms. The average molecular weight is 293 g/mol. The van der Waals surface area contributed by atoms with Gasteiger partial charge in [0.05, 0.1) is 15.4 Å². The first-order valence-electron chi connectivity index (χ1n) is 5.73. The van der Waals surface area contributed by atoms with Crippen LogP contribution >= 0.6 is 11.8 Å². The lowest BCUT2D eigenvalue weighted by Crippen LogP contribution is -2.33. The number of carbonyl (C=O) groups excluding carboxylic acids is 2. The quantitative estimate of drug-likeness (QED) is 0.513. The van der Waals surface area contributed by atoms with Crippen molar-refractivity contribution in [3.05, 3.63) is 44.8 Å². The summed E-state index contributed by atoms with van der Waals surface area (Å²) in [6, 6.07) is 6.03. The number of nitro benzene ring substituents is 1. The second-order valence-electron chi connectivity index (χ2n) is 3.94. The van der Waals surface area contributed by atoms with Gasteiger partial charge < -0.3 is 5.73 Å². The largest absolute Gasteiger partial charge is 0.329 e. The molecule has 1 aromatic carbocycles. The molecule has 0 atom stereocenters. The molecule has 20 heavy (non-hydrogen) atoms. The molecule has 0 aromatic heterocycles. The first-order chi connectivity index (χ1) is 9.54. The molecule has 2 rings (SSSR count). The van der Waals surface area contributed by atoms with Gasteiger partial charge in [-0.3, -0.25) is 24.6 Å². The van der Waals surface area contributed by atoms with Crippen LogP contribution in [-0.4, -0.2) is 34.1 Å². The molecule has 2 amide bonds. The standard InChI is InChI=1S/C12H11N3O4S/c13-5-6-14-11(16)10(20-12(14)17)7-8-3-1-2-4-9(8)15(18)19/h1-4,7H,5-6,13H2/b10-7-. The number of imide groups is 1. The van der Waals surface area contributed by atoms with Gasteiger partial charge in [0, 0.05) is 19.2 Å². The summed E-state index contributed by atoms with van der Waals surface area (Å²) in [7, 11) is 0. The Kier molecular flexibility index (Phi) is 4.16. The molecule has 1 aliphatic rings. The van der Waals surface area contributed by atoms with E-state index in [1.807, 2.05) is 0 Å². The highest BCUT2D eigenvalue weighted by Crippen LogP contribution is 2.33. The minimum absolute atomic E-state index is 0.113. The van der Waals surface area contributed by atoms with Crippen molar-refractivity contribution in [1.82, 2.24) is 4.90 Å². The van der Waals surface area contributed by atoms with Crippen LogP contribution in [0.15, 0.2) is 29.2 Å². The summed E-state index contributed by atoms with van der Waals surface area (Å²) in [4.78, 5) is 35.2. The van der Waals surface area contributed by atoms with Crippen LogP contribution in [0.2, 0.25) is 0 Å². The minimum atomic E-state index is -0.532. The molecular formula is C12H11N3O4S. The molecule has 0 aliphatic carbocycles. The van der Waals surface area contributed by atoms with Crippen LogP contribution in [0.4, 0.5) is 10.5 Å². The van der Waals surface area contributed by atoms with Crippen molar-refractivity contribution >= 4 is 34.7 Å². The van der Waals surface area contributed by atoms with Crippen molar-refractivity contribution in [3.8, 4) is 0 Å².